The molecular formula is C15H14BrN3O2. The molecule has 0 atom stereocenters. The number of aromatic nitrogens is 2. The van der Waals surface area contributed by atoms with Crippen molar-refractivity contribution in [2.45, 2.75) is 6.61 Å². The molecule has 1 aromatic heterocycles. The largest absolute Gasteiger partial charge is 0.497 e. The first-order chi connectivity index (χ1) is 10.1. The second kappa shape index (κ2) is 5.38. The summed E-state index contributed by atoms with van der Waals surface area (Å²) in [6, 6.07) is 11.2. The van der Waals surface area contributed by atoms with Gasteiger partial charge in [-0.15, -0.1) is 0 Å². The minimum absolute atomic E-state index is 0.163. The molecule has 0 amide bonds. The number of aliphatic hydroxyl groups excluding tert-OH is 1. The van der Waals surface area contributed by atoms with Crippen LogP contribution in [0.15, 0.2) is 40.9 Å². The smallest absolute Gasteiger partial charge is 0.140 e. The molecule has 3 rings (SSSR count). The Morgan fingerprint density at radius 2 is 2.10 bits per heavy atom. The minimum Gasteiger partial charge on any atom is -0.497 e. The average Bonchev–Trinajstić information content (AvgIpc) is 2.83. The number of benzene rings is 2. The van der Waals surface area contributed by atoms with Crippen LogP contribution in [0.5, 0.6) is 5.75 Å². The molecule has 1 heterocycles. The molecule has 3 aromatic rings. The number of nitrogens with two attached hydrogens (primary N) is 1. The maximum absolute atomic E-state index is 9.59. The zero-order chi connectivity index (χ0) is 15.0. The summed E-state index contributed by atoms with van der Waals surface area (Å²) in [6.45, 7) is -0.163. The lowest BCUT2D eigenvalue weighted by Crippen LogP contribution is -2.01. The van der Waals surface area contributed by atoms with Crippen molar-refractivity contribution < 1.29 is 9.84 Å². The maximum Gasteiger partial charge on any atom is 0.140 e. The number of imidazole rings is 1. The van der Waals surface area contributed by atoms with E-state index >= 15 is 0 Å². The van der Waals surface area contributed by atoms with Crippen molar-refractivity contribution in [3.05, 3.63) is 46.7 Å². The number of hydrogen-bond acceptors (Lipinski definition) is 4. The summed E-state index contributed by atoms with van der Waals surface area (Å²) >= 11 is 3.47. The lowest BCUT2D eigenvalue weighted by molar-refractivity contribution is 0.270. The highest BCUT2D eigenvalue weighted by Gasteiger charge is 2.13. The molecule has 21 heavy (non-hydrogen) atoms. The van der Waals surface area contributed by atoms with Gasteiger partial charge in [-0.3, -0.25) is 4.57 Å². The molecule has 0 radical (unpaired) electrons. The summed E-state index contributed by atoms with van der Waals surface area (Å²) in [5.74, 6) is 1.27. The molecule has 0 bridgehead atoms. The fourth-order valence-electron chi connectivity index (χ4n) is 2.34. The Labute approximate surface area is 130 Å². The molecule has 0 spiro atoms. The van der Waals surface area contributed by atoms with Crippen LogP contribution in [0.4, 0.5) is 5.69 Å². The lowest BCUT2D eigenvalue weighted by atomic mass is 10.2. The molecule has 3 N–H and O–H groups in total. The predicted molar refractivity (Wildman–Crippen MR) is 85.7 cm³/mol. The van der Waals surface area contributed by atoms with Crippen LogP contribution in [0.1, 0.15) is 5.82 Å². The van der Waals surface area contributed by atoms with Crippen LogP contribution in [0.3, 0.4) is 0 Å². The third-order valence-electron chi connectivity index (χ3n) is 3.24. The van der Waals surface area contributed by atoms with Crippen LogP contribution in [0.2, 0.25) is 0 Å². The van der Waals surface area contributed by atoms with Gasteiger partial charge >= 0.3 is 0 Å². The average molecular weight is 348 g/mol. The van der Waals surface area contributed by atoms with E-state index in [0.717, 1.165) is 26.9 Å². The number of rotatable bonds is 3. The van der Waals surface area contributed by atoms with E-state index in [1.165, 1.54) is 0 Å². The molecule has 6 heteroatoms. The molecule has 108 valence electrons. The van der Waals surface area contributed by atoms with Crippen molar-refractivity contribution in [1.29, 1.82) is 0 Å². The van der Waals surface area contributed by atoms with Crippen LogP contribution in [0.25, 0.3) is 16.7 Å². The first-order valence-corrected chi connectivity index (χ1v) is 7.14. The van der Waals surface area contributed by atoms with Crippen LogP contribution in [-0.4, -0.2) is 21.8 Å². The van der Waals surface area contributed by atoms with Crippen molar-refractivity contribution in [1.82, 2.24) is 9.55 Å². The third-order valence-corrected chi connectivity index (χ3v) is 3.70. The van der Waals surface area contributed by atoms with Crippen molar-refractivity contribution in [2.75, 3.05) is 12.8 Å². The Balaban J connectivity index is 2.30. The van der Waals surface area contributed by atoms with E-state index < -0.39 is 0 Å². The highest BCUT2D eigenvalue weighted by atomic mass is 79.9. The van der Waals surface area contributed by atoms with Crippen LogP contribution in [-0.2, 0) is 6.61 Å². The zero-order valence-corrected chi connectivity index (χ0v) is 13.0. The van der Waals surface area contributed by atoms with Crippen LogP contribution >= 0.6 is 15.9 Å². The van der Waals surface area contributed by atoms with Gasteiger partial charge in [-0.05, 0) is 30.3 Å². The topological polar surface area (TPSA) is 73.3 Å². The van der Waals surface area contributed by atoms with Crippen LogP contribution in [0, 0.1) is 0 Å². The third kappa shape index (κ3) is 2.48. The van der Waals surface area contributed by atoms with E-state index in [4.69, 9.17) is 10.5 Å². The van der Waals surface area contributed by atoms with Gasteiger partial charge in [0, 0.05) is 16.2 Å². The second-order valence-electron chi connectivity index (χ2n) is 4.62. The second-order valence-corrected chi connectivity index (χ2v) is 5.53. The standard InChI is InChI=1S/C15H14BrN3O2/c1-21-12-5-9(16)4-11(7-12)19-14-3-2-10(17)6-13(14)18-15(19)8-20/h2-7,20H,8,17H2,1H3. The van der Waals surface area contributed by atoms with Gasteiger partial charge in [-0.1, -0.05) is 15.9 Å². The molecule has 0 aliphatic rings. The number of hydrogen-bond donors (Lipinski definition) is 2. The van der Waals surface area contributed by atoms with Gasteiger partial charge in [-0.25, -0.2) is 4.98 Å². The normalized spacial score (nSPS) is 11.0. The molecule has 0 saturated carbocycles. The molecule has 0 saturated heterocycles. The highest BCUT2D eigenvalue weighted by Crippen LogP contribution is 2.28. The number of nitrogens with zero attached hydrogens (tertiary/aromatic N) is 2. The fraction of sp³-hybridized carbons (Fsp3) is 0.133. The van der Waals surface area contributed by atoms with Gasteiger partial charge in [-0.2, -0.15) is 0 Å². The summed E-state index contributed by atoms with van der Waals surface area (Å²) in [6.07, 6.45) is 0. The summed E-state index contributed by atoms with van der Waals surface area (Å²) in [5.41, 5.74) is 8.93. The van der Waals surface area contributed by atoms with Gasteiger partial charge in [0.25, 0.3) is 0 Å². The summed E-state index contributed by atoms with van der Waals surface area (Å²) in [5, 5.41) is 9.59. The van der Waals surface area contributed by atoms with E-state index in [2.05, 4.69) is 20.9 Å². The first kappa shape index (κ1) is 13.9. The molecule has 0 fully saturated rings. The molecule has 0 aliphatic carbocycles. The van der Waals surface area contributed by atoms with E-state index in [9.17, 15) is 5.11 Å². The van der Waals surface area contributed by atoms with Crippen LogP contribution < -0.4 is 10.5 Å². The Bertz CT molecular complexity index is 814. The Morgan fingerprint density at radius 1 is 1.29 bits per heavy atom. The predicted octanol–water partition coefficient (Wildman–Crippen LogP) is 2.87. The SMILES string of the molecule is COc1cc(Br)cc(-n2c(CO)nc3cc(N)ccc32)c1. The first-order valence-electron chi connectivity index (χ1n) is 6.35. The maximum atomic E-state index is 9.59. The summed E-state index contributed by atoms with van der Waals surface area (Å²) in [7, 11) is 1.62. The van der Waals surface area contributed by atoms with Crippen molar-refractivity contribution in [3.8, 4) is 11.4 Å². The lowest BCUT2D eigenvalue weighted by Gasteiger charge is -2.10. The summed E-state index contributed by atoms with van der Waals surface area (Å²) < 4.78 is 8.07. The quantitative estimate of drug-likeness (QED) is 0.714. The van der Waals surface area contributed by atoms with E-state index in [1.807, 2.05) is 34.9 Å². The Hall–Kier alpha value is -2.05. The number of aliphatic hydroxyl groups is 1. The number of halogens is 1. The van der Waals surface area contributed by atoms with Gasteiger partial charge in [0.15, 0.2) is 0 Å². The van der Waals surface area contributed by atoms with Gasteiger partial charge in [0.2, 0.25) is 0 Å². The molecule has 2 aromatic carbocycles. The van der Waals surface area contributed by atoms with Gasteiger partial charge in [0.05, 0.1) is 23.8 Å². The van der Waals surface area contributed by atoms with Crippen molar-refractivity contribution in [2.24, 2.45) is 0 Å². The Kier molecular flexibility index (Phi) is 3.57. The van der Waals surface area contributed by atoms with Crippen molar-refractivity contribution in [3.63, 3.8) is 0 Å². The molecule has 0 aliphatic heterocycles. The number of anilines is 1. The molecule has 5 nitrogen and oxygen atoms in total. The Morgan fingerprint density at radius 3 is 2.81 bits per heavy atom. The minimum atomic E-state index is -0.163. The summed E-state index contributed by atoms with van der Waals surface area (Å²) in [4.78, 5) is 4.43. The van der Waals surface area contributed by atoms with Crippen molar-refractivity contribution >= 4 is 32.7 Å². The highest BCUT2D eigenvalue weighted by molar-refractivity contribution is 9.10. The van der Waals surface area contributed by atoms with E-state index in [0.29, 0.717) is 11.5 Å². The van der Waals surface area contributed by atoms with Gasteiger partial charge < -0.3 is 15.6 Å². The fourth-order valence-corrected chi connectivity index (χ4v) is 2.80. The van der Waals surface area contributed by atoms with E-state index in [-0.39, 0.29) is 6.61 Å². The monoisotopic (exact) mass is 347 g/mol. The number of ether oxygens (including phenoxy) is 1. The number of nitrogen functional groups attached to an aromatic ring is 1. The van der Waals surface area contributed by atoms with Gasteiger partial charge in [0.1, 0.15) is 18.2 Å². The number of fused-ring (bicyclic) bond motifs is 1. The zero-order valence-electron chi connectivity index (χ0n) is 11.4. The molecular weight excluding hydrogens is 334 g/mol. The number of methoxy groups -OCH3 is 1. The molecule has 0 unspecified atom stereocenters. The van der Waals surface area contributed by atoms with E-state index in [1.54, 1.807) is 13.2 Å².